The molecule has 1 aliphatic rings. The molecule has 5 nitrogen and oxygen atoms in total. The van der Waals surface area contributed by atoms with Crippen molar-refractivity contribution in [1.82, 2.24) is 10.3 Å². The van der Waals surface area contributed by atoms with E-state index in [1.807, 2.05) is 0 Å². The second-order valence-electron chi connectivity index (χ2n) is 7.64. The van der Waals surface area contributed by atoms with Crippen LogP contribution in [0.15, 0.2) is 30.3 Å². The highest BCUT2D eigenvalue weighted by Gasteiger charge is 2.19. The molecule has 0 radical (unpaired) electrons. The summed E-state index contributed by atoms with van der Waals surface area (Å²) >= 11 is 1.12. The second-order valence-corrected chi connectivity index (χ2v) is 8.63. The summed E-state index contributed by atoms with van der Waals surface area (Å²) in [7, 11) is 0. The molecule has 3 aromatic rings. The van der Waals surface area contributed by atoms with E-state index in [0.717, 1.165) is 17.8 Å². The van der Waals surface area contributed by atoms with Gasteiger partial charge in [0.25, 0.3) is 5.91 Å². The number of rotatable bonds is 5. The zero-order valence-electron chi connectivity index (χ0n) is 16.2. The molecule has 0 atom stereocenters. The van der Waals surface area contributed by atoms with Gasteiger partial charge >= 0.3 is 0 Å². The predicted molar refractivity (Wildman–Crippen MR) is 117 cm³/mol. The summed E-state index contributed by atoms with van der Waals surface area (Å²) in [6.45, 7) is 0.499. The van der Waals surface area contributed by atoms with Gasteiger partial charge in [0.1, 0.15) is 9.71 Å². The van der Waals surface area contributed by atoms with Crippen LogP contribution in [0.4, 0.5) is 15.9 Å². The van der Waals surface area contributed by atoms with E-state index in [0.29, 0.717) is 27.6 Å². The fourth-order valence-corrected chi connectivity index (χ4v) is 4.99. The van der Waals surface area contributed by atoms with Crippen molar-refractivity contribution in [1.29, 1.82) is 0 Å². The largest absolute Gasteiger partial charge is 0.397 e. The minimum absolute atomic E-state index is 0.192. The summed E-state index contributed by atoms with van der Waals surface area (Å²) in [6.07, 6.45) is 7.33. The van der Waals surface area contributed by atoms with Gasteiger partial charge in [-0.3, -0.25) is 4.79 Å². The molecular formula is C22H25FN4OS. The van der Waals surface area contributed by atoms with E-state index in [2.05, 4.69) is 34.6 Å². The summed E-state index contributed by atoms with van der Waals surface area (Å²) in [5.41, 5.74) is 14.4. The summed E-state index contributed by atoms with van der Waals surface area (Å²) < 4.78 is 13.6. The van der Waals surface area contributed by atoms with Crippen molar-refractivity contribution in [3.8, 4) is 0 Å². The van der Waals surface area contributed by atoms with E-state index < -0.39 is 5.82 Å². The van der Waals surface area contributed by atoms with Crippen molar-refractivity contribution in [2.24, 2.45) is 0 Å². The minimum atomic E-state index is -0.634. The first-order valence-corrected chi connectivity index (χ1v) is 10.9. The van der Waals surface area contributed by atoms with Crippen LogP contribution in [0.3, 0.4) is 0 Å². The van der Waals surface area contributed by atoms with E-state index >= 15 is 0 Å². The van der Waals surface area contributed by atoms with Crippen molar-refractivity contribution < 1.29 is 9.18 Å². The third-order valence-electron chi connectivity index (χ3n) is 5.66. The molecule has 2 heterocycles. The number of nitrogen functional groups attached to an aromatic ring is 2. The number of aromatic nitrogens is 1. The number of nitrogens with two attached hydrogens (primary N) is 2. The van der Waals surface area contributed by atoms with Gasteiger partial charge in [0, 0.05) is 11.9 Å². The van der Waals surface area contributed by atoms with Gasteiger partial charge in [-0.2, -0.15) is 0 Å². The number of carbonyl (C=O) groups is 1. The molecule has 0 aliphatic heterocycles. The highest BCUT2D eigenvalue weighted by Crippen LogP contribution is 2.34. The molecule has 29 heavy (non-hydrogen) atoms. The van der Waals surface area contributed by atoms with Crippen molar-refractivity contribution in [3.05, 3.63) is 52.2 Å². The number of benzene rings is 1. The Morgan fingerprint density at radius 2 is 1.90 bits per heavy atom. The Morgan fingerprint density at radius 1 is 1.17 bits per heavy atom. The van der Waals surface area contributed by atoms with Gasteiger partial charge in [-0.1, -0.05) is 43.5 Å². The summed E-state index contributed by atoms with van der Waals surface area (Å²) in [4.78, 5) is 17.3. The molecule has 0 unspecified atom stereocenters. The number of fused-ring (bicyclic) bond motifs is 1. The number of nitrogens with one attached hydrogen (secondary N) is 1. The summed E-state index contributed by atoms with van der Waals surface area (Å²) in [6, 6.07) is 9.98. The minimum Gasteiger partial charge on any atom is -0.397 e. The fourth-order valence-electron chi connectivity index (χ4n) is 3.99. The lowest BCUT2D eigenvalue weighted by Gasteiger charge is -2.22. The maximum absolute atomic E-state index is 13.6. The predicted octanol–water partition coefficient (Wildman–Crippen LogP) is 4.62. The first kappa shape index (κ1) is 19.6. The highest BCUT2D eigenvalue weighted by molar-refractivity contribution is 7.21. The van der Waals surface area contributed by atoms with Crippen LogP contribution >= 0.6 is 11.3 Å². The van der Waals surface area contributed by atoms with Gasteiger partial charge in [-0.15, -0.1) is 11.3 Å². The number of carbonyl (C=O) groups excluding carboxylic acids is 1. The van der Waals surface area contributed by atoms with Crippen LogP contribution in [0.25, 0.3) is 10.2 Å². The number of halogens is 1. The number of anilines is 2. The topological polar surface area (TPSA) is 94.0 Å². The Bertz CT molecular complexity index is 1030. The molecule has 7 heteroatoms. The normalized spacial score (nSPS) is 14.9. The Kier molecular flexibility index (Phi) is 5.67. The lowest BCUT2D eigenvalue weighted by molar-refractivity contribution is 0.0959. The van der Waals surface area contributed by atoms with Crippen molar-refractivity contribution in [2.75, 3.05) is 18.0 Å². The zero-order valence-corrected chi connectivity index (χ0v) is 17.0. The maximum Gasteiger partial charge on any atom is 0.263 e. The van der Waals surface area contributed by atoms with Crippen LogP contribution < -0.4 is 16.8 Å². The molecular weight excluding hydrogens is 387 g/mol. The smallest absolute Gasteiger partial charge is 0.263 e. The lowest BCUT2D eigenvalue weighted by Crippen LogP contribution is -2.25. The molecule has 1 saturated carbocycles. The van der Waals surface area contributed by atoms with Gasteiger partial charge in [-0.05, 0) is 42.4 Å². The van der Waals surface area contributed by atoms with Gasteiger partial charge < -0.3 is 16.8 Å². The molecule has 1 aromatic carbocycles. The van der Waals surface area contributed by atoms with E-state index in [-0.39, 0.29) is 17.4 Å². The summed E-state index contributed by atoms with van der Waals surface area (Å²) in [5.74, 6) is -0.405. The van der Waals surface area contributed by atoms with Crippen LogP contribution in [0.2, 0.25) is 0 Å². The number of hydrogen-bond donors (Lipinski definition) is 3. The fraction of sp³-hybridized carbons (Fsp3) is 0.364. The van der Waals surface area contributed by atoms with Crippen LogP contribution in [-0.4, -0.2) is 17.4 Å². The van der Waals surface area contributed by atoms with Gasteiger partial charge in [-0.25, -0.2) is 9.37 Å². The number of thiophene rings is 1. The number of pyridine rings is 1. The second kappa shape index (κ2) is 8.37. The van der Waals surface area contributed by atoms with Crippen LogP contribution in [0, 0.1) is 5.82 Å². The quantitative estimate of drug-likeness (QED) is 0.570. The Morgan fingerprint density at radius 3 is 2.62 bits per heavy atom. The first-order chi connectivity index (χ1) is 14.0. The number of amides is 1. The third kappa shape index (κ3) is 4.19. The molecule has 5 N–H and O–H groups in total. The molecule has 152 valence electrons. The average molecular weight is 413 g/mol. The van der Waals surface area contributed by atoms with Gasteiger partial charge in [0.05, 0.1) is 5.69 Å². The van der Waals surface area contributed by atoms with Gasteiger partial charge in [0.15, 0.2) is 11.6 Å². The lowest BCUT2D eigenvalue weighted by atomic mass is 9.84. The number of hydrogen-bond acceptors (Lipinski definition) is 5. The van der Waals surface area contributed by atoms with Crippen molar-refractivity contribution >= 4 is 39.0 Å². The number of nitrogens with zero attached hydrogens (tertiary/aromatic N) is 1. The van der Waals surface area contributed by atoms with E-state index in [4.69, 9.17) is 11.5 Å². The Hall–Kier alpha value is -2.67. The Labute approximate surface area is 173 Å². The molecule has 0 saturated heterocycles. The van der Waals surface area contributed by atoms with Crippen LogP contribution in [-0.2, 0) is 6.42 Å². The SMILES string of the molecule is Nc1nc2sc(C(=O)NCCc3ccc(C4CCCCC4)cc3)c(N)c2cc1F. The molecule has 2 aromatic heterocycles. The van der Waals surface area contributed by atoms with E-state index in [9.17, 15) is 9.18 Å². The zero-order chi connectivity index (χ0) is 20.4. The summed E-state index contributed by atoms with van der Waals surface area (Å²) in [5, 5.41) is 3.32. The van der Waals surface area contributed by atoms with Gasteiger partial charge in [0.2, 0.25) is 0 Å². The van der Waals surface area contributed by atoms with E-state index in [1.54, 1.807) is 0 Å². The standard InChI is InChI=1S/C22H25FN4OS/c23-17-12-16-18(24)19(29-22(16)27-20(17)25)21(28)26-11-10-13-6-8-15(9-7-13)14-4-2-1-3-5-14/h6-9,12,14H,1-5,10-11,24H2,(H2,25,27)(H,26,28). The molecule has 0 spiro atoms. The molecule has 1 aliphatic carbocycles. The van der Waals surface area contributed by atoms with Crippen molar-refractivity contribution in [2.45, 2.75) is 44.4 Å². The maximum atomic E-state index is 13.6. The van der Waals surface area contributed by atoms with Crippen LogP contribution in [0.5, 0.6) is 0 Å². The first-order valence-electron chi connectivity index (χ1n) is 10.0. The van der Waals surface area contributed by atoms with E-state index in [1.165, 1.54) is 49.3 Å². The molecule has 1 amide bonds. The molecule has 0 bridgehead atoms. The molecule has 1 fully saturated rings. The van der Waals surface area contributed by atoms with Crippen molar-refractivity contribution in [3.63, 3.8) is 0 Å². The van der Waals surface area contributed by atoms with Crippen LogP contribution in [0.1, 0.15) is 58.8 Å². The monoisotopic (exact) mass is 412 g/mol. The highest BCUT2D eigenvalue weighted by atomic mass is 32.1. The third-order valence-corrected chi connectivity index (χ3v) is 6.78. The Balaban J connectivity index is 1.36. The molecule has 4 rings (SSSR count). The average Bonchev–Trinajstić information content (AvgIpc) is 3.05.